The molecule has 35 heavy (non-hydrogen) atoms. The van der Waals surface area contributed by atoms with E-state index in [1.165, 1.54) is 16.3 Å². The van der Waals surface area contributed by atoms with Crippen LogP contribution in [0.1, 0.15) is 39.2 Å². The van der Waals surface area contributed by atoms with Crippen LogP contribution >= 0.6 is 11.6 Å². The molecular weight excluding hydrogens is 490 g/mol. The number of benzene rings is 2. The highest BCUT2D eigenvalue weighted by Crippen LogP contribution is 2.29. The van der Waals surface area contributed by atoms with Gasteiger partial charge in [-0.1, -0.05) is 35.9 Å². The number of sulfonamides is 1. The summed E-state index contributed by atoms with van der Waals surface area (Å²) >= 11 is 6.11. The first-order chi connectivity index (χ1) is 16.4. The molecule has 2 rings (SSSR count). The van der Waals surface area contributed by atoms with E-state index in [0.29, 0.717) is 16.5 Å². The molecule has 0 saturated carbocycles. The van der Waals surface area contributed by atoms with E-state index in [9.17, 15) is 18.0 Å². The highest BCUT2D eigenvalue weighted by molar-refractivity contribution is 7.92. The van der Waals surface area contributed by atoms with Gasteiger partial charge in [-0.2, -0.15) is 0 Å². The van der Waals surface area contributed by atoms with E-state index in [2.05, 4.69) is 5.32 Å². The van der Waals surface area contributed by atoms with Gasteiger partial charge in [0.25, 0.3) is 0 Å². The molecule has 2 amide bonds. The van der Waals surface area contributed by atoms with Crippen molar-refractivity contribution in [1.82, 2.24) is 10.2 Å². The van der Waals surface area contributed by atoms with Gasteiger partial charge in [-0.05, 0) is 57.0 Å². The number of rotatable bonds is 12. The Morgan fingerprint density at radius 1 is 1.09 bits per heavy atom. The van der Waals surface area contributed by atoms with E-state index in [0.717, 1.165) is 11.8 Å². The van der Waals surface area contributed by atoms with Crippen molar-refractivity contribution < 1.29 is 22.7 Å². The number of hydrogen-bond donors (Lipinski definition) is 1. The first-order valence-corrected chi connectivity index (χ1v) is 13.6. The van der Waals surface area contributed by atoms with E-state index < -0.39 is 16.1 Å². The summed E-state index contributed by atoms with van der Waals surface area (Å²) in [5, 5.41) is 3.38. The zero-order valence-electron chi connectivity index (χ0n) is 20.8. The Hall–Kier alpha value is -2.78. The van der Waals surface area contributed by atoms with Crippen LogP contribution in [0.15, 0.2) is 48.5 Å². The summed E-state index contributed by atoms with van der Waals surface area (Å²) in [7, 11) is -2.14. The summed E-state index contributed by atoms with van der Waals surface area (Å²) in [4.78, 5) is 27.5. The molecule has 1 N–H and O–H groups in total. The molecule has 0 heterocycles. The number of para-hydroxylation sites is 2. The lowest BCUT2D eigenvalue weighted by atomic mass is 10.1. The van der Waals surface area contributed by atoms with E-state index in [-0.39, 0.29) is 43.8 Å². The molecule has 8 nitrogen and oxygen atoms in total. The molecule has 0 aliphatic heterocycles. The van der Waals surface area contributed by atoms with Crippen LogP contribution in [-0.4, -0.2) is 57.1 Å². The van der Waals surface area contributed by atoms with Crippen molar-refractivity contribution in [3.05, 3.63) is 59.1 Å². The molecule has 0 bridgehead atoms. The number of hydrogen-bond acceptors (Lipinski definition) is 5. The fourth-order valence-electron chi connectivity index (χ4n) is 3.64. The average Bonchev–Trinajstić information content (AvgIpc) is 2.78. The zero-order chi connectivity index (χ0) is 26.2. The Morgan fingerprint density at radius 3 is 2.37 bits per heavy atom. The van der Waals surface area contributed by atoms with Crippen LogP contribution in [0, 0.1) is 0 Å². The van der Waals surface area contributed by atoms with E-state index in [1.807, 2.05) is 19.9 Å². The second-order valence-corrected chi connectivity index (χ2v) is 10.9. The van der Waals surface area contributed by atoms with Gasteiger partial charge < -0.3 is 15.0 Å². The van der Waals surface area contributed by atoms with E-state index in [1.54, 1.807) is 49.4 Å². The van der Waals surface area contributed by atoms with Crippen LogP contribution in [0.5, 0.6) is 5.75 Å². The first kappa shape index (κ1) is 28.5. The van der Waals surface area contributed by atoms with Gasteiger partial charge in [-0.25, -0.2) is 8.42 Å². The number of halogens is 1. The third kappa shape index (κ3) is 8.43. The second-order valence-electron chi connectivity index (χ2n) is 8.60. The number of methoxy groups -OCH3 is 1. The first-order valence-electron chi connectivity index (χ1n) is 11.4. The average molecular weight is 524 g/mol. The highest BCUT2D eigenvalue weighted by atomic mass is 35.5. The summed E-state index contributed by atoms with van der Waals surface area (Å²) in [6.07, 6.45) is 1.43. The molecule has 192 valence electrons. The summed E-state index contributed by atoms with van der Waals surface area (Å²) < 4.78 is 31.5. The fraction of sp³-hybridized carbons (Fsp3) is 0.440. The van der Waals surface area contributed by atoms with Gasteiger partial charge in [0.2, 0.25) is 21.8 Å². The van der Waals surface area contributed by atoms with Crippen molar-refractivity contribution in [3.63, 3.8) is 0 Å². The molecule has 0 fully saturated rings. The monoisotopic (exact) mass is 523 g/mol. The van der Waals surface area contributed by atoms with Gasteiger partial charge in [0.1, 0.15) is 11.8 Å². The van der Waals surface area contributed by atoms with Gasteiger partial charge in [-0.3, -0.25) is 13.9 Å². The number of ether oxygens (including phenoxy) is 1. The molecule has 2 aromatic carbocycles. The number of nitrogens with one attached hydrogen (secondary N) is 1. The van der Waals surface area contributed by atoms with Crippen molar-refractivity contribution in [3.8, 4) is 5.75 Å². The molecule has 0 saturated heterocycles. The van der Waals surface area contributed by atoms with E-state index >= 15 is 0 Å². The molecule has 0 unspecified atom stereocenters. The standard InChI is InChI=1S/C25H34ClN3O5S/c1-18(2)27-25(31)19(3)28(17-20-10-8-11-21(26)16-20)24(30)14-9-15-29(35(5,32)33)22-12-6-7-13-23(22)34-4/h6-8,10-13,16,18-19H,9,14-15,17H2,1-5H3,(H,27,31)/t19-/m1/s1. The third-order valence-electron chi connectivity index (χ3n) is 5.35. The molecule has 0 aromatic heterocycles. The number of anilines is 1. The predicted molar refractivity (Wildman–Crippen MR) is 139 cm³/mol. The van der Waals surface area contributed by atoms with Gasteiger partial charge >= 0.3 is 0 Å². The maximum absolute atomic E-state index is 13.3. The molecule has 0 aliphatic carbocycles. The van der Waals surface area contributed by atoms with Gasteiger partial charge in [0, 0.05) is 30.6 Å². The van der Waals surface area contributed by atoms with Crippen molar-refractivity contribution in [2.24, 2.45) is 0 Å². The largest absolute Gasteiger partial charge is 0.495 e. The molecular formula is C25H34ClN3O5S. The normalized spacial score (nSPS) is 12.2. The summed E-state index contributed by atoms with van der Waals surface area (Å²) in [5.74, 6) is -0.0992. The minimum absolute atomic E-state index is 0.0566. The molecule has 0 radical (unpaired) electrons. The van der Waals surface area contributed by atoms with Crippen molar-refractivity contribution in [2.45, 2.75) is 52.2 Å². The number of amides is 2. The third-order valence-corrected chi connectivity index (χ3v) is 6.76. The second kappa shape index (κ2) is 12.8. The molecule has 1 atom stereocenters. The van der Waals surface area contributed by atoms with Crippen LogP contribution in [-0.2, 0) is 26.2 Å². The Kier molecular flexibility index (Phi) is 10.4. The Morgan fingerprint density at radius 2 is 1.77 bits per heavy atom. The van der Waals surface area contributed by atoms with Crippen molar-refractivity contribution >= 4 is 39.1 Å². The number of nitrogens with zero attached hydrogens (tertiary/aromatic N) is 2. The van der Waals surface area contributed by atoms with Crippen LogP contribution in [0.25, 0.3) is 0 Å². The van der Waals surface area contributed by atoms with Crippen molar-refractivity contribution in [2.75, 3.05) is 24.2 Å². The van der Waals surface area contributed by atoms with Gasteiger partial charge in [0.15, 0.2) is 0 Å². The SMILES string of the molecule is COc1ccccc1N(CCCC(=O)N(Cc1cccc(Cl)c1)[C@H](C)C(=O)NC(C)C)S(C)(=O)=O. The van der Waals surface area contributed by atoms with Crippen LogP contribution in [0.2, 0.25) is 5.02 Å². The molecule has 10 heteroatoms. The maximum atomic E-state index is 13.3. The lowest BCUT2D eigenvalue weighted by molar-refractivity contribution is -0.140. The lowest BCUT2D eigenvalue weighted by Gasteiger charge is -2.30. The van der Waals surface area contributed by atoms with E-state index in [4.69, 9.17) is 16.3 Å². The highest BCUT2D eigenvalue weighted by Gasteiger charge is 2.27. The number of carbonyl (C=O) groups excluding carboxylic acids is 2. The van der Waals surface area contributed by atoms with Crippen molar-refractivity contribution in [1.29, 1.82) is 0 Å². The maximum Gasteiger partial charge on any atom is 0.242 e. The summed E-state index contributed by atoms with van der Waals surface area (Å²) in [6.45, 7) is 5.67. The minimum Gasteiger partial charge on any atom is -0.495 e. The molecule has 0 spiro atoms. The summed E-state index contributed by atoms with van der Waals surface area (Å²) in [6, 6.07) is 13.1. The van der Waals surface area contributed by atoms with Crippen LogP contribution < -0.4 is 14.4 Å². The van der Waals surface area contributed by atoms with Gasteiger partial charge in [-0.15, -0.1) is 0 Å². The van der Waals surface area contributed by atoms with Crippen LogP contribution in [0.3, 0.4) is 0 Å². The molecule has 2 aromatic rings. The van der Waals surface area contributed by atoms with Gasteiger partial charge in [0.05, 0.1) is 19.1 Å². The summed E-state index contributed by atoms with van der Waals surface area (Å²) in [5.41, 5.74) is 1.20. The fourth-order valence-corrected chi connectivity index (χ4v) is 4.82. The number of carbonyl (C=O) groups is 2. The van der Waals surface area contributed by atoms with Crippen LogP contribution in [0.4, 0.5) is 5.69 Å². The topological polar surface area (TPSA) is 96.0 Å². The lowest BCUT2D eigenvalue weighted by Crippen LogP contribution is -2.49. The minimum atomic E-state index is -3.62. The quantitative estimate of drug-likeness (QED) is 0.456. The Balaban J connectivity index is 2.20. The Bertz CT molecular complexity index is 1120. The smallest absolute Gasteiger partial charge is 0.242 e. The molecule has 0 aliphatic rings. The predicted octanol–water partition coefficient (Wildman–Crippen LogP) is 3.84. The Labute approximate surface area is 213 Å². The zero-order valence-corrected chi connectivity index (χ0v) is 22.4.